The molecule has 0 radical (unpaired) electrons. The lowest BCUT2D eigenvalue weighted by Crippen LogP contribution is -2.54. The molecule has 1 aliphatic rings. The van der Waals surface area contributed by atoms with Crippen molar-refractivity contribution >= 4 is 12.0 Å². The second kappa shape index (κ2) is 8.39. The molecule has 0 unspecified atom stereocenters. The molecule has 1 aliphatic heterocycles. The highest BCUT2D eigenvalue weighted by atomic mass is 16.6. The Morgan fingerprint density at radius 3 is 2.36 bits per heavy atom. The van der Waals surface area contributed by atoms with Crippen LogP contribution in [-0.2, 0) is 9.53 Å². The second-order valence-electron chi connectivity index (χ2n) is 9.28. The minimum Gasteiger partial charge on any atom is -0.444 e. The van der Waals surface area contributed by atoms with Crippen molar-refractivity contribution in [2.45, 2.75) is 78.5 Å². The summed E-state index contributed by atoms with van der Waals surface area (Å²) in [5.74, 6) is 0.421. The highest BCUT2D eigenvalue weighted by Crippen LogP contribution is 2.20. The van der Waals surface area contributed by atoms with Gasteiger partial charge in [-0.2, -0.15) is 0 Å². The normalized spacial score (nSPS) is 20.7. The quantitative estimate of drug-likeness (QED) is 0.842. The van der Waals surface area contributed by atoms with Crippen molar-refractivity contribution in [2.24, 2.45) is 5.92 Å². The number of amides is 2. The Morgan fingerprint density at radius 2 is 1.84 bits per heavy atom. The minimum atomic E-state index is -0.483. The van der Waals surface area contributed by atoms with Gasteiger partial charge >= 0.3 is 6.09 Å². The van der Waals surface area contributed by atoms with Crippen LogP contribution in [0.3, 0.4) is 0 Å². The lowest BCUT2D eigenvalue weighted by atomic mass is 9.96. The highest BCUT2D eigenvalue weighted by Gasteiger charge is 2.30. The molecule has 2 atom stereocenters. The van der Waals surface area contributed by atoms with Crippen LogP contribution in [0.25, 0.3) is 0 Å². The van der Waals surface area contributed by atoms with Crippen LogP contribution in [0.4, 0.5) is 4.79 Å². The maximum atomic E-state index is 12.4. The maximum absolute atomic E-state index is 12.4. The van der Waals surface area contributed by atoms with Gasteiger partial charge in [-0.15, -0.1) is 0 Å². The fourth-order valence-corrected chi connectivity index (χ4v) is 3.04. The van der Waals surface area contributed by atoms with Crippen molar-refractivity contribution < 1.29 is 14.3 Å². The summed E-state index contributed by atoms with van der Waals surface area (Å²) in [6.45, 7) is 16.0. The first-order valence-electron chi connectivity index (χ1n) is 9.28. The molecule has 6 nitrogen and oxygen atoms in total. The third-order valence-corrected chi connectivity index (χ3v) is 4.21. The van der Waals surface area contributed by atoms with E-state index in [1.165, 1.54) is 0 Å². The van der Waals surface area contributed by atoms with Crippen molar-refractivity contribution in [1.82, 2.24) is 15.1 Å². The molecule has 0 spiro atoms. The molecule has 1 N–H and O–H groups in total. The zero-order valence-electron chi connectivity index (χ0n) is 17.3. The zero-order valence-corrected chi connectivity index (χ0v) is 17.3. The SMILES string of the molecule is C[C@H](C(=O)NC(C)(C)C)N1CCC[C@H](CN(C)C(=O)OC(C)(C)C)C1. The van der Waals surface area contributed by atoms with E-state index in [0.29, 0.717) is 12.5 Å². The molecule has 146 valence electrons. The van der Waals surface area contributed by atoms with Crippen LogP contribution in [0, 0.1) is 5.92 Å². The molecule has 1 fully saturated rings. The molecular weight excluding hydrogens is 318 g/mol. The van der Waals surface area contributed by atoms with E-state index in [4.69, 9.17) is 4.74 Å². The van der Waals surface area contributed by atoms with Gasteiger partial charge in [0.1, 0.15) is 5.60 Å². The van der Waals surface area contributed by atoms with E-state index >= 15 is 0 Å². The largest absolute Gasteiger partial charge is 0.444 e. The van der Waals surface area contributed by atoms with E-state index in [-0.39, 0.29) is 23.6 Å². The first kappa shape index (κ1) is 21.7. The summed E-state index contributed by atoms with van der Waals surface area (Å²) in [6, 6.07) is -0.158. The molecule has 6 heteroatoms. The van der Waals surface area contributed by atoms with Gasteiger partial charge in [0, 0.05) is 25.7 Å². The van der Waals surface area contributed by atoms with Crippen LogP contribution >= 0.6 is 0 Å². The van der Waals surface area contributed by atoms with Crippen LogP contribution in [0.2, 0.25) is 0 Å². The maximum Gasteiger partial charge on any atom is 0.410 e. The summed E-state index contributed by atoms with van der Waals surface area (Å²) in [7, 11) is 1.78. The Balaban J connectivity index is 2.56. The Kier molecular flexibility index (Phi) is 7.29. The van der Waals surface area contributed by atoms with Gasteiger partial charge in [-0.05, 0) is 73.8 Å². The van der Waals surface area contributed by atoms with Crippen LogP contribution in [0.15, 0.2) is 0 Å². The van der Waals surface area contributed by atoms with Gasteiger partial charge in [0.15, 0.2) is 0 Å². The van der Waals surface area contributed by atoms with Crippen molar-refractivity contribution in [3.63, 3.8) is 0 Å². The van der Waals surface area contributed by atoms with E-state index in [1.54, 1.807) is 11.9 Å². The lowest BCUT2D eigenvalue weighted by Gasteiger charge is -2.38. The molecule has 1 saturated heterocycles. The average molecular weight is 356 g/mol. The first-order chi connectivity index (χ1) is 11.3. The molecule has 0 aliphatic carbocycles. The van der Waals surface area contributed by atoms with Crippen molar-refractivity contribution in [3.05, 3.63) is 0 Å². The third-order valence-electron chi connectivity index (χ3n) is 4.21. The van der Waals surface area contributed by atoms with Gasteiger partial charge in [-0.1, -0.05) is 0 Å². The minimum absolute atomic E-state index is 0.0636. The highest BCUT2D eigenvalue weighted by molar-refractivity contribution is 5.82. The number of ether oxygens (including phenoxy) is 1. The molecule has 2 amide bonds. The predicted octanol–water partition coefficient (Wildman–Crippen LogP) is 2.87. The predicted molar refractivity (Wildman–Crippen MR) is 101 cm³/mol. The van der Waals surface area contributed by atoms with Gasteiger partial charge in [-0.25, -0.2) is 4.79 Å². The van der Waals surface area contributed by atoms with E-state index in [1.807, 2.05) is 48.5 Å². The smallest absolute Gasteiger partial charge is 0.410 e. The Labute approximate surface area is 153 Å². The van der Waals surface area contributed by atoms with Gasteiger partial charge in [-0.3, -0.25) is 9.69 Å². The van der Waals surface area contributed by atoms with E-state index in [0.717, 1.165) is 25.9 Å². The summed E-state index contributed by atoms with van der Waals surface area (Å²) in [5, 5.41) is 3.05. The number of hydrogen-bond donors (Lipinski definition) is 1. The van der Waals surface area contributed by atoms with E-state index < -0.39 is 5.60 Å². The molecule has 1 heterocycles. The van der Waals surface area contributed by atoms with Crippen molar-refractivity contribution in [1.29, 1.82) is 0 Å². The molecule has 1 rings (SSSR count). The van der Waals surface area contributed by atoms with E-state index in [9.17, 15) is 9.59 Å². The van der Waals surface area contributed by atoms with E-state index in [2.05, 4.69) is 10.2 Å². The summed E-state index contributed by atoms with van der Waals surface area (Å²) >= 11 is 0. The molecule has 0 aromatic heterocycles. The number of hydrogen-bond acceptors (Lipinski definition) is 4. The third kappa shape index (κ3) is 8.08. The first-order valence-corrected chi connectivity index (χ1v) is 9.28. The molecule has 0 saturated carbocycles. The summed E-state index contributed by atoms with van der Waals surface area (Å²) in [5.41, 5.74) is -0.707. The number of rotatable bonds is 4. The van der Waals surface area contributed by atoms with Crippen LogP contribution in [0.5, 0.6) is 0 Å². The average Bonchev–Trinajstić information content (AvgIpc) is 2.43. The fraction of sp³-hybridized carbons (Fsp3) is 0.895. The number of nitrogens with one attached hydrogen (secondary N) is 1. The Hall–Kier alpha value is -1.30. The monoisotopic (exact) mass is 355 g/mol. The second-order valence-corrected chi connectivity index (χ2v) is 9.28. The number of carbonyl (C=O) groups excluding carboxylic acids is 2. The summed E-state index contributed by atoms with van der Waals surface area (Å²) in [6.07, 6.45) is 1.82. The molecule has 0 bridgehead atoms. The number of piperidine rings is 1. The molecule has 25 heavy (non-hydrogen) atoms. The molecule has 0 aromatic carbocycles. The molecular formula is C19H37N3O3. The van der Waals surface area contributed by atoms with Crippen LogP contribution < -0.4 is 5.32 Å². The van der Waals surface area contributed by atoms with Gasteiger partial charge in [0.2, 0.25) is 5.91 Å². The van der Waals surface area contributed by atoms with Crippen LogP contribution in [-0.4, -0.2) is 65.7 Å². The van der Waals surface area contributed by atoms with Crippen molar-refractivity contribution in [2.75, 3.05) is 26.7 Å². The Morgan fingerprint density at radius 1 is 1.24 bits per heavy atom. The van der Waals surface area contributed by atoms with Gasteiger partial charge in [0.05, 0.1) is 6.04 Å². The number of likely N-dealkylation sites (tertiary alicyclic amines) is 1. The number of carbonyl (C=O) groups is 2. The number of nitrogens with zero attached hydrogens (tertiary/aromatic N) is 2. The Bertz CT molecular complexity index is 466. The fourth-order valence-electron chi connectivity index (χ4n) is 3.04. The summed E-state index contributed by atoms with van der Waals surface area (Å²) in [4.78, 5) is 28.4. The lowest BCUT2D eigenvalue weighted by molar-refractivity contribution is -0.128. The topological polar surface area (TPSA) is 61.9 Å². The summed E-state index contributed by atoms with van der Waals surface area (Å²) < 4.78 is 5.42. The van der Waals surface area contributed by atoms with Gasteiger partial charge < -0.3 is 15.0 Å². The van der Waals surface area contributed by atoms with Crippen molar-refractivity contribution in [3.8, 4) is 0 Å². The van der Waals surface area contributed by atoms with Gasteiger partial charge in [0.25, 0.3) is 0 Å². The molecule has 0 aromatic rings. The standard InChI is InChI=1S/C19H37N3O3/c1-14(16(23)20-18(2,3)4)22-11-9-10-15(13-22)12-21(8)17(24)25-19(5,6)7/h14-15H,9-13H2,1-8H3,(H,20,23)/t14-,15-/m1/s1. The van der Waals surface area contributed by atoms with Crippen LogP contribution in [0.1, 0.15) is 61.3 Å². The zero-order chi connectivity index (χ0) is 19.4.